The molecule has 0 aromatic heterocycles. The number of aryl methyl sites for hydroxylation is 1. The fourth-order valence-electron chi connectivity index (χ4n) is 3.60. The van der Waals surface area contributed by atoms with Gasteiger partial charge in [-0.05, 0) is 43.9 Å². The van der Waals surface area contributed by atoms with E-state index in [2.05, 4.69) is 23.3 Å². The van der Waals surface area contributed by atoms with Crippen molar-refractivity contribution in [3.8, 4) is 0 Å². The second-order valence-electron chi connectivity index (χ2n) is 9.34. The molecule has 2 atom stereocenters. The van der Waals surface area contributed by atoms with Gasteiger partial charge in [0.05, 0.1) is 6.61 Å². The maximum absolute atomic E-state index is 13.6. The Morgan fingerprint density at radius 3 is 2.19 bits per heavy atom. The summed E-state index contributed by atoms with van der Waals surface area (Å²) in [5.41, 5.74) is 1.84. The van der Waals surface area contributed by atoms with Crippen molar-refractivity contribution in [1.82, 2.24) is 15.5 Å². The van der Waals surface area contributed by atoms with Gasteiger partial charge in [-0.15, -0.1) is 0 Å². The molecule has 8 nitrogen and oxygen atoms in total. The molecule has 3 N–H and O–H groups in total. The molecule has 3 amide bonds. The summed E-state index contributed by atoms with van der Waals surface area (Å²) in [4.78, 5) is 40.7. The summed E-state index contributed by atoms with van der Waals surface area (Å²) >= 11 is 4.25. The monoisotopic (exact) mass is 515 g/mol. The first-order valence-electron chi connectivity index (χ1n) is 12.0. The predicted molar refractivity (Wildman–Crippen MR) is 143 cm³/mol. The zero-order valence-electron chi connectivity index (χ0n) is 21.4. The van der Waals surface area contributed by atoms with E-state index < -0.39 is 35.6 Å². The molecule has 0 heterocycles. The maximum Gasteiger partial charge on any atom is 0.408 e. The summed E-state index contributed by atoms with van der Waals surface area (Å²) in [7, 11) is 0. The van der Waals surface area contributed by atoms with Crippen LogP contribution in [0.2, 0.25) is 0 Å². The Bertz CT molecular complexity index is 993. The molecular weight excluding hydrogens is 478 g/mol. The largest absolute Gasteiger partial charge is 0.444 e. The molecule has 0 bridgehead atoms. The number of thiol groups is 1. The number of carbonyl (C=O) groups is 3. The van der Waals surface area contributed by atoms with Crippen molar-refractivity contribution in [2.24, 2.45) is 0 Å². The summed E-state index contributed by atoms with van der Waals surface area (Å²) in [6.07, 6.45) is 0.0580. The lowest BCUT2D eigenvalue weighted by Crippen LogP contribution is -2.54. The minimum Gasteiger partial charge on any atom is -0.444 e. The number of rotatable bonds is 11. The summed E-state index contributed by atoms with van der Waals surface area (Å²) in [6.45, 7) is 6.97. The lowest BCUT2D eigenvalue weighted by atomic mass is 10.0. The van der Waals surface area contributed by atoms with Gasteiger partial charge in [-0.25, -0.2) is 4.79 Å². The Balaban J connectivity index is 2.36. The van der Waals surface area contributed by atoms with Gasteiger partial charge >= 0.3 is 6.09 Å². The minimum absolute atomic E-state index is 0.0207. The zero-order chi connectivity index (χ0) is 26.7. The first-order valence-corrected chi connectivity index (χ1v) is 12.6. The molecule has 196 valence electrons. The molecular formula is C27H37N3O5S. The van der Waals surface area contributed by atoms with Crippen molar-refractivity contribution in [3.05, 3.63) is 71.3 Å². The Kier molecular flexibility index (Phi) is 11.3. The van der Waals surface area contributed by atoms with Crippen molar-refractivity contribution in [2.75, 3.05) is 18.9 Å². The van der Waals surface area contributed by atoms with Crippen LogP contribution in [0.15, 0.2) is 54.6 Å². The van der Waals surface area contributed by atoms with Crippen molar-refractivity contribution < 1.29 is 24.2 Å². The van der Waals surface area contributed by atoms with Gasteiger partial charge < -0.3 is 25.4 Å². The number of hydrogen-bond donors (Lipinski definition) is 4. The van der Waals surface area contributed by atoms with Crippen LogP contribution in [0.1, 0.15) is 50.4 Å². The van der Waals surface area contributed by atoms with Crippen molar-refractivity contribution in [2.45, 2.75) is 58.3 Å². The number of hydrogen-bond acceptors (Lipinski definition) is 6. The van der Waals surface area contributed by atoms with E-state index in [-0.39, 0.29) is 25.4 Å². The number of carbonyl (C=O) groups excluding carboxylic acids is 3. The molecule has 0 radical (unpaired) electrons. The average Bonchev–Trinajstić information content (AvgIpc) is 2.85. The topological polar surface area (TPSA) is 108 Å². The molecule has 0 saturated carbocycles. The predicted octanol–water partition coefficient (Wildman–Crippen LogP) is 3.25. The molecule has 36 heavy (non-hydrogen) atoms. The van der Waals surface area contributed by atoms with Crippen LogP contribution >= 0.6 is 12.6 Å². The van der Waals surface area contributed by atoms with Gasteiger partial charge in [-0.3, -0.25) is 9.59 Å². The van der Waals surface area contributed by atoms with Crippen molar-refractivity contribution in [3.63, 3.8) is 0 Å². The van der Waals surface area contributed by atoms with E-state index in [1.807, 2.05) is 49.4 Å². The molecule has 0 aliphatic rings. The number of amides is 3. The van der Waals surface area contributed by atoms with E-state index in [0.29, 0.717) is 5.56 Å². The van der Waals surface area contributed by atoms with Crippen LogP contribution in [0.3, 0.4) is 0 Å². The fraction of sp³-hybridized carbons (Fsp3) is 0.444. The quantitative estimate of drug-likeness (QED) is 0.344. The standard InChI is InChI=1S/C27H37N3O5S/c1-5-19-11-13-21(14-12-19)23(24(32)28-17-20-9-7-6-8-10-20)30(15-16-31)25(33)22(18-36)29-26(34)35-27(2,3)4/h6-14,22-23,31,36H,5,15-18H2,1-4H3,(H,28,32)(H,29,34). The SMILES string of the molecule is CCc1ccc(C(C(=O)NCc2ccccc2)N(CCO)C(=O)C(CS)NC(=O)OC(C)(C)C)cc1. The fourth-order valence-corrected chi connectivity index (χ4v) is 3.85. The van der Waals surface area contributed by atoms with Gasteiger partial charge in [0.15, 0.2) is 0 Å². The lowest BCUT2D eigenvalue weighted by Gasteiger charge is -2.34. The van der Waals surface area contributed by atoms with E-state index >= 15 is 0 Å². The molecule has 0 aliphatic carbocycles. The first kappa shape index (κ1) is 29.2. The van der Waals surface area contributed by atoms with Crippen LogP contribution < -0.4 is 10.6 Å². The van der Waals surface area contributed by atoms with E-state index in [9.17, 15) is 19.5 Å². The molecule has 0 spiro atoms. The Morgan fingerprint density at radius 2 is 1.67 bits per heavy atom. The van der Waals surface area contributed by atoms with E-state index in [1.165, 1.54) is 4.90 Å². The van der Waals surface area contributed by atoms with Gasteiger partial charge in [0.2, 0.25) is 11.8 Å². The molecule has 2 rings (SSSR count). The Hall–Kier alpha value is -3.04. The van der Waals surface area contributed by atoms with E-state index in [4.69, 9.17) is 4.74 Å². The van der Waals surface area contributed by atoms with E-state index in [1.54, 1.807) is 32.9 Å². The number of nitrogens with one attached hydrogen (secondary N) is 2. The molecule has 0 aliphatic heterocycles. The third kappa shape index (κ3) is 8.87. The van der Waals surface area contributed by atoms with Gasteiger partial charge in [-0.2, -0.15) is 12.6 Å². The number of nitrogens with zero attached hydrogens (tertiary/aromatic N) is 1. The smallest absolute Gasteiger partial charge is 0.408 e. The second-order valence-corrected chi connectivity index (χ2v) is 9.70. The third-order valence-electron chi connectivity index (χ3n) is 5.37. The molecule has 0 saturated heterocycles. The highest BCUT2D eigenvalue weighted by molar-refractivity contribution is 7.80. The van der Waals surface area contributed by atoms with Crippen LogP contribution in [-0.2, 0) is 27.3 Å². The summed E-state index contributed by atoms with van der Waals surface area (Å²) in [6, 6.07) is 14.8. The molecule has 9 heteroatoms. The highest BCUT2D eigenvalue weighted by Crippen LogP contribution is 2.24. The number of ether oxygens (including phenoxy) is 1. The summed E-state index contributed by atoms with van der Waals surface area (Å²) < 4.78 is 5.28. The minimum atomic E-state index is -1.06. The lowest BCUT2D eigenvalue weighted by molar-refractivity contribution is -0.142. The maximum atomic E-state index is 13.6. The highest BCUT2D eigenvalue weighted by Gasteiger charge is 2.35. The van der Waals surface area contributed by atoms with Gasteiger partial charge in [0.1, 0.15) is 17.7 Å². The Morgan fingerprint density at radius 1 is 1.03 bits per heavy atom. The molecule has 2 aromatic rings. The summed E-state index contributed by atoms with van der Waals surface area (Å²) in [5.74, 6) is -0.975. The third-order valence-corrected chi connectivity index (χ3v) is 5.73. The van der Waals surface area contributed by atoms with Crippen molar-refractivity contribution in [1.29, 1.82) is 0 Å². The second kappa shape index (κ2) is 13.9. The van der Waals surface area contributed by atoms with Crippen LogP contribution in [0.25, 0.3) is 0 Å². The number of benzene rings is 2. The van der Waals surface area contributed by atoms with Gasteiger partial charge in [0, 0.05) is 18.8 Å². The first-order chi connectivity index (χ1) is 17.1. The van der Waals surface area contributed by atoms with Crippen LogP contribution in [0.5, 0.6) is 0 Å². The molecule has 2 unspecified atom stereocenters. The normalized spacial score (nSPS) is 12.8. The zero-order valence-corrected chi connectivity index (χ0v) is 22.3. The molecule has 0 fully saturated rings. The number of alkyl carbamates (subject to hydrolysis) is 1. The number of aliphatic hydroxyl groups is 1. The Labute approximate surface area is 218 Å². The van der Waals surface area contributed by atoms with Crippen molar-refractivity contribution >= 4 is 30.5 Å². The van der Waals surface area contributed by atoms with Gasteiger partial charge in [-0.1, -0.05) is 61.5 Å². The highest BCUT2D eigenvalue weighted by atomic mass is 32.1. The van der Waals surface area contributed by atoms with Crippen LogP contribution in [0, 0.1) is 0 Å². The number of aliphatic hydroxyl groups excluding tert-OH is 1. The van der Waals surface area contributed by atoms with E-state index in [0.717, 1.165) is 17.5 Å². The molecule has 2 aromatic carbocycles. The average molecular weight is 516 g/mol. The van der Waals surface area contributed by atoms with Gasteiger partial charge in [0.25, 0.3) is 0 Å². The van der Waals surface area contributed by atoms with Crippen LogP contribution in [-0.4, -0.2) is 58.5 Å². The summed E-state index contributed by atoms with van der Waals surface area (Å²) in [5, 5.41) is 15.2. The van der Waals surface area contributed by atoms with Crippen LogP contribution in [0.4, 0.5) is 4.79 Å².